The van der Waals surface area contributed by atoms with Gasteiger partial charge in [0.25, 0.3) is 0 Å². The molecular formula is C18H30N4O. The molecule has 0 radical (unpaired) electrons. The molecule has 3 rings (SSSR count). The number of nitrogens with zero attached hydrogens (tertiary/aromatic N) is 2. The number of nitrogens with one attached hydrogen (secondary N) is 2. The summed E-state index contributed by atoms with van der Waals surface area (Å²) in [6.45, 7) is 10.3. The molecule has 1 aliphatic heterocycles. The van der Waals surface area contributed by atoms with E-state index in [0.717, 1.165) is 49.6 Å². The fourth-order valence-corrected chi connectivity index (χ4v) is 3.27. The van der Waals surface area contributed by atoms with Gasteiger partial charge in [0.1, 0.15) is 11.5 Å². The topological polar surface area (TPSA) is 52.8 Å². The first-order valence-corrected chi connectivity index (χ1v) is 9.02. The van der Waals surface area contributed by atoms with Crippen molar-refractivity contribution in [3.63, 3.8) is 0 Å². The monoisotopic (exact) mass is 318 g/mol. The Balaban J connectivity index is 1.69. The molecule has 1 saturated carbocycles. The smallest absolute Gasteiger partial charge is 0.191 e. The maximum absolute atomic E-state index is 5.91. The van der Waals surface area contributed by atoms with Crippen molar-refractivity contribution in [3.8, 4) is 0 Å². The average molecular weight is 318 g/mol. The van der Waals surface area contributed by atoms with Crippen LogP contribution in [0.1, 0.15) is 50.7 Å². The van der Waals surface area contributed by atoms with Crippen molar-refractivity contribution < 1.29 is 4.42 Å². The molecule has 2 aliphatic rings. The van der Waals surface area contributed by atoms with Gasteiger partial charge < -0.3 is 15.1 Å². The maximum Gasteiger partial charge on any atom is 0.191 e. The molecule has 23 heavy (non-hydrogen) atoms. The van der Waals surface area contributed by atoms with Crippen LogP contribution < -0.4 is 10.6 Å². The molecule has 128 valence electrons. The predicted octanol–water partition coefficient (Wildman–Crippen LogP) is 2.69. The Kier molecular flexibility index (Phi) is 5.26. The Hall–Kier alpha value is -1.49. The Morgan fingerprint density at radius 3 is 2.70 bits per heavy atom. The second kappa shape index (κ2) is 7.39. The van der Waals surface area contributed by atoms with E-state index in [-0.39, 0.29) is 6.04 Å². The first-order chi connectivity index (χ1) is 11.2. The molecule has 2 N–H and O–H groups in total. The quantitative estimate of drug-likeness (QED) is 0.625. The number of hydrogen-bond acceptors (Lipinski definition) is 3. The van der Waals surface area contributed by atoms with E-state index in [1.54, 1.807) is 0 Å². The van der Waals surface area contributed by atoms with E-state index in [1.165, 1.54) is 19.3 Å². The van der Waals surface area contributed by atoms with Crippen LogP contribution in [0.15, 0.2) is 21.5 Å². The van der Waals surface area contributed by atoms with E-state index in [2.05, 4.69) is 41.5 Å². The number of hydrogen-bond donors (Lipinski definition) is 2. The van der Waals surface area contributed by atoms with Crippen LogP contribution in [0.3, 0.4) is 0 Å². The first-order valence-electron chi connectivity index (χ1n) is 9.02. The lowest BCUT2D eigenvalue weighted by atomic mass is 10.2. The number of guanidine groups is 1. The van der Waals surface area contributed by atoms with Gasteiger partial charge in [0.2, 0.25) is 0 Å². The number of likely N-dealkylation sites (tertiary alicyclic amines) is 1. The molecule has 0 bridgehead atoms. The molecule has 1 aromatic heterocycles. The highest BCUT2D eigenvalue weighted by molar-refractivity contribution is 5.80. The summed E-state index contributed by atoms with van der Waals surface area (Å²) in [4.78, 5) is 7.36. The largest absolute Gasteiger partial charge is 0.465 e. The highest BCUT2D eigenvalue weighted by Crippen LogP contribution is 2.29. The van der Waals surface area contributed by atoms with Crippen LogP contribution in [-0.4, -0.2) is 43.1 Å². The van der Waals surface area contributed by atoms with Gasteiger partial charge in [0, 0.05) is 12.6 Å². The SMILES string of the molecule is CCNC(=NCC(c1ccc(C)o1)N1CCCC1)NC1CC1C. The molecule has 3 unspecified atom stereocenters. The van der Waals surface area contributed by atoms with Crippen molar-refractivity contribution in [2.45, 2.75) is 52.1 Å². The van der Waals surface area contributed by atoms with Gasteiger partial charge in [0.05, 0.1) is 12.6 Å². The minimum atomic E-state index is 0.248. The number of rotatable bonds is 6. The molecule has 0 aromatic carbocycles. The van der Waals surface area contributed by atoms with Gasteiger partial charge in [-0.05, 0) is 64.3 Å². The van der Waals surface area contributed by atoms with Gasteiger partial charge in [-0.25, -0.2) is 0 Å². The van der Waals surface area contributed by atoms with Gasteiger partial charge in [-0.2, -0.15) is 0 Å². The molecular weight excluding hydrogens is 288 g/mol. The van der Waals surface area contributed by atoms with Gasteiger partial charge in [-0.1, -0.05) is 6.92 Å². The van der Waals surface area contributed by atoms with Crippen molar-refractivity contribution in [3.05, 3.63) is 23.7 Å². The van der Waals surface area contributed by atoms with Crippen molar-refractivity contribution >= 4 is 5.96 Å². The third kappa shape index (κ3) is 4.28. The predicted molar refractivity (Wildman–Crippen MR) is 93.7 cm³/mol. The summed E-state index contributed by atoms with van der Waals surface area (Å²) in [5.74, 6) is 3.73. The van der Waals surface area contributed by atoms with E-state index in [1.807, 2.05) is 6.92 Å². The standard InChI is InChI=1S/C18H30N4O/c1-4-19-18(21-15-11-13(15)2)20-12-16(22-9-5-6-10-22)17-8-7-14(3)23-17/h7-8,13,15-16H,4-6,9-12H2,1-3H3,(H2,19,20,21). The lowest BCUT2D eigenvalue weighted by molar-refractivity contribution is 0.219. The molecule has 5 nitrogen and oxygen atoms in total. The van der Waals surface area contributed by atoms with Crippen LogP contribution in [0.5, 0.6) is 0 Å². The van der Waals surface area contributed by atoms with Crippen molar-refractivity contribution in [2.24, 2.45) is 10.9 Å². The summed E-state index contributed by atoms with van der Waals surface area (Å²) in [6.07, 6.45) is 3.80. The highest BCUT2D eigenvalue weighted by Gasteiger charge is 2.33. The van der Waals surface area contributed by atoms with Crippen LogP contribution >= 0.6 is 0 Å². The van der Waals surface area contributed by atoms with E-state index in [4.69, 9.17) is 9.41 Å². The zero-order valence-electron chi connectivity index (χ0n) is 14.6. The van der Waals surface area contributed by atoms with Crippen molar-refractivity contribution in [2.75, 3.05) is 26.2 Å². The van der Waals surface area contributed by atoms with Gasteiger partial charge in [0.15, 0.2) is 5.96 Å². The Morgan fingerprint density at radius 2 is 2.13 bits per heavy atom. The second-order valence-corrected chi connectivity index (χ2v) is 6.89. The third-order valence-corrected chi connectivity index (χ3v) is 4.87. The van der Waals surface area contributed by atoms with E-state index in [0.29, 0.717) is 6.04 Å². The summed E-state index contributed by atoms with van der Waals surface area (Å²) >= 11 is 0. The van der Waals surface area contributed by atoms with Crippen LogP contribution in [0, 0.1) is 12.8 Å². The van der Waals surface area contributed by atoms with Crippen LogP contribution in [0.4, 0.5) is 0 Å². The number of aryl methyl sites for hydroxylation is 1. The molecule has 2 heterocycles. The molecule has 0 spiro atoms. The summed E-state index contributed by atoms with van der Waals surface area (Å²) in [5.41, 5.74) is 0. The molecule has 3 atom stereocenters. The van der Waals surface area contributed by atoms with Gasteiger partial charge in [-0.3, -0.25) is 9.89 Å². The number of furan rings is 1. The molecule has 2 fully saturated rings. The summed E-state index contributed by atoms with van der Waals surface area (Å²) < 4.78 is 5.91. The van der Waals surface area contributed by atoms with Gasteiger partial charge >= 0.3 is 0 Å². The fraction of sp³-hybridized carbons (Fsp3) is 0.722. The van der Waals surface area contributed by atoms with Crippen LogP contribution in [0.25, 0.3) is 0 Å². The summed E-state index contributed by atoms with van der Waals surface area (Å²) in [5, 5.41) is 6.90. The van der Waals surface area contributed by atoms with E-state index in [9.17, 15) is 0 Å². The Bertz CT molecular complexity index is 533. The zero-order chi connectivity index (χ0) is 16.2. The lowest BCUT2D eigenvalue weighted by Crippen LogP contribution is -2.40. The van der Waals surface area contributed by atoms with E-state index >= 15 is 0 Å². The fourth-order valence-electron chi connectivity index (χ4n) is 3.27. The number of aliphatic imine (C=N–C) groups is 1. The molecule has 1 aromatic rings. The highest BCUT2D eigenvalue weighted by atomic mass is 16.3. The van der Waals surface area contributed by atoms with Crippen molar-refractivity contribution in [1.82, 2.24) is 15.5 Å². The molecule has 1 saturated heterocycles. The van der Waals surface area contributed by atoms with Crippen LogP contribution in [-0.2, 0) is 0 Å². The molecule has 5 heteroatoms. The minimum absolute atomic E-state index is 0.248. The summed E-state index contributed by atoms with van der Waals surface area (Å²) in [6, 6.07) is 5.00. The van der Waals surface area contributed by atoms with Crippen LogP contribution in [0.2, 0.25) is 0 Å². The van der Waals surface area contributed by atoms with E-state index < -0.39 is 0 Å². The Morgan fingerprint density at radius 1 is 1.39 bits per heavy atom. The zero-order valence-corrected chi connectivity index (χ0v) is 14.6. The lowest BCUT2D eigenvalue weighted by Gasteiger charge is -2.24. The molecule has 1 aliphatic carbocycles. The third-order valence-electron chi connectivity index (χ3n) is 4.87. The first kappa shape index (κ1) is 16.4. The Labute approximate surface area is 139 Å². The second-order valence-electron chi connectivity index (χ2n) is 6.89. The normalized spacial score (nSPS) is 26.3. The summed E-state index contributed by atoms with van der Waals surface area (Å²) in [7, 11) is 0. The minimum Gasteiger partial charge on any atom is -0.465 e. The average Bonchev–Trinajstić information content (AvgIpc) is 2.97. The van der Waals surface area contributed by atoms with Crippen molar-refractivity contribution in [1.29, 1.82) is 0 Å². The maximum atomic E-state index is 5.91. The molecule has 0 amide bonds. The van der Waals surface area contributed by atoms with Gasteiger partial charge in [-0.15, -0.1) is 0 Å².